The van der Waals surface area contributed by atoms with Crippen molar-refractivity contribution in [2.24, 2.45) is 4.99 Å². The van der Waals surface area contributed by atoms with Gasteiger partial charge in [-0.05, 0) is 43.9 Å². The van der Waals surface area contributed by atoms with Crippen LogP contribution >= 0.6 is 15.9 Å². The Kier molecular flexibility index (Phi) is 4.65. The number of pyridine rings is 1. The highest BCUT2D eigenvalue weighted by Gasteiger charge is 2.23. The van der Waals surface area contributed by atoms with Gasteiger partial charge in [-0.3, -0.25) is 19.4 Å². The predicted molar refractivity (Wildman–Crippen MR) is 105 cm³/mol. The van der Waals surface area contributed by atoms with Crippen LogP contribution in [-0.2, 0) is 13.1 Å². The van der Waals surface area contributed by atoms with Crippen molar-refractivity contribution in [3.8, 4) is 5.69 Å². The quantitative estimate of drug-likeness (QED) is 0.662. The summed E-state index contributed by atoms with van der Waals surface area (Å²) >= 11 is 3.59. The zero-order valence-electron chi connectivity index (χ0n) is 14.7. The summed E-state index contributed by atoms with van der Waals surface area (Å²) in [6.45, 7) is 4.29. The van der Waals surface area contributed by atoms with E-state index in [1.54, 1.807) is 6.20 Å². The number of hydrogen-bond acceptors (Lipinski definition) is 5. The summed E-state index contributed by atoms with van der Waals surface area (Å²) in [6, 6.07) is 12.1. The monoisotopic (exact) mass is 410 g/mol. The number of benzene rings is 1. The Hall–Kier alpha value is -2.38. The van der Waals surface area contributed by atoms with Gasteiger partial charge in [0.15, 0.2) is 11.6 Å². The van der Waals surface area contributed by atoms with Gasteiger partial charge in [0.25, 0.3) is 0 Å². The molecule has 0 unspecified atom stereocenters. The van der Waals surface area contributed by atoms with Crippen molar-refractivity contribution in [2.45, 2.75) is 20.0 Å². The molecule has 3 aromatic rings. The van der Waals surface area contributed by atoms with Crippen molar-refractivity contribution in [3.63, 3.8) is 0 Å². The third kappa shape index (κ3) is 3.08. The molecule has 0 amide bonds. The van der Waals surface area contributed by atoms with Crippen LogP contribution in [0.15, 0.2) is 52.1 Å². The molecule has 0 aliphatic carbocycles. The third-order valence-corrected chi connectivity index (χ3v) is 4.98. The fourth-order valence-corrected chi connectivity index (χ4v) is 3.40. The smallest absolute Gasteiger partial charge is 0.159 e. The number of aliphatic imine (C=N–C) groups is 1. The average Bonchev–Trinajstić information content (AvgIpc) is 2.97. The number of halogens is 1. The predicted octanol–water partition coefficient (Wildman–Crippen LogP) is 3.23. The molecule has 0 saturated heterocycles. The van der Waals surface area contributed by atoms with E-state index in [-0.39, 0.29) is 0 Å². The second kappa shape index (κ2) is 7.09. The van der Waals surface area contributed by atoms with Gasteiger partial charge < -0.3 is 0 Å². The van der Waals surface area contributed by atoms with Gasteiger partial charge in [-0.25, -0.2) is 0 Å². The first-order valence-corrected chi connectivity index (χ1v) is 9.34. The van der Waals surface area contributed by atoms with Crippen molar-refractivity contribution in [1.82, 2.24) is 24.6 Å². The lowest BCUT2D eigenvalue weighted by molar-refractivity contribution is 0.333. The molecule has 0 fully saturated rings. The number of aromatic nitrogens is 4. The van der Waals surface area contributed by atoms with Crippen LogP contribution in [0.25, 0.3) is 5.69 Å². The van der Waals surface area contributed by atoms with Crippen molar-refractivity contribution in [1.29, 1.82) is 0 Å². The molecule has 1 aromatic carbocycles. The standard InChI is InChI=1S/C19H19BrN6/c1-3-25(2)12-18-24-23-17-11-22-19(15-6-4-5-9-21-15)14-10-13(20)7-8-16(14)26(17)18/h4-10H,3,11-12H2,1-2H3. The van der Waals surface area contributed by atoms with Crippen LogP contribution in [0.2, 0.25) is 0 Å². The Labute approximate surface area is 160 Å². The van der Waals surface area contributed by atoms with E-state index in [2.05, 4.69) is 66.7 Å². The minimum Gasteiger partial charge on any atom is -0.299 e. The Morgan fingerprint density at radius 2 is 2.08 bits per heavy atom. The molecule has 0 bridgehead atoms. The molecule has 4 rings (SSSR count). The minimum atomic E-state index is 0.473. The van der Waals surface area contributed by atoms with E-state index in [1.807, 2.05) is 24.3 Å². The number of hydrogen-bond donors (Lipinski definition) is 0. The van der Waals surface area contributed by atoms with Gasteiger partial charge >= 0.3 is 0 Å². The minimum absolute atomic E-state index is 0.473. The molecule has 26 heavy (non-hydrogen) atoms. The molecule has 3 heterocycles. The van der Waals surface area contributed by atoms with Crippen LogP contribution in [0.3, 0.4) is 0 Å². The van der Waals surface area contributed by atoms with Gasteiger partial charge in [0, 0.05) is 16.2 Å². The number of nitrogens with zero attached hydrogens (tertiary/aromatic N) is 6. The van der Waals surface area contributed by atoms with Crippen LogP contribution in [-0.4, -0.2) is 44.0 Å². The average molecular weight is 411 g/mol. The molecular weight excluding hydrogens is 392 g/mol. The lowest BCUT2D eigenvalue weighted by Gasteiger charge is -2.17. The number of rotatable bonds is 4. The van der Waals surface area contributed by atoms with Crippen molar-refractivity contribution in [3.05, 3.63) is 70.0 Å². The summed E-state index contributed by atoms with van der Waals surface area (Å²) < 4.78 is 3.14. The lowest BCUT2D eigenvalue weighted by Crippen LogP contribution is -2.20. The number of fused-ring (bicyclic) bond motifs is 3. The second-order valence-electron chi connectivity index (χ2n) is 6.24. The molecule has 7 heteroatoms. The summed E-state index contributed by atoms with van der Waals surface area (Å²) in [6.07, 6.45) is 1.79. The molecule has 132 valence electrons. The van der Waals surface area contributed by atoms with Crippen molar-refractivity contribution < 1.29 is 0 Å². The first-order valence-electron chi connectivity index (χ1n) is 8.55. The van der Waals surface area contributed by atoms with E-state index in [1.165, 1.54) is 0 Å². The third-order valence-electron chi connectivity index (χ3n) is 4.49. The molecule has 1 aliphatic rings. The summed E-state index contributed by atoms with van der Waals surface area (Å²) in [5, 5.41) is 8.82. The highest BCUT2D eigenvalue weighted by molar-refractivity contribution is 9.10. The van der Waals surface area contributed by atoms with Crippen LogP contribution in [0.1, 0.15) is 29.8 Å². The zero-order valence-corrected chi connectivity index (χ0v) is 16.3. The first-order chi connectivity index (χ1) is 12.7. The highest BCUT2D eigenvalue weighted by Crippen LogP contribution is 2.28. The lowest BCUT2D eigenvalue weighted by atomic mass is 10.0. The Bertz CT molecular complexity index is 963. The van der Waals surface area contributed by atoms with Gasteiger partial charge in [-0.1, -0.05) is 28.9 Å². The van der Waals surface area contributed by atoms with Crippen LogP contribution in [0.5, 0.6) is 0 Å². The van der Waals surface area contributed by atoms with Gasteiger partial charge in [-0.2, -0.15) is 0 Å². The topological polar surface area (TPSA) is 59.2 Å². The van der Waals surface area contributed by atoms with E-state index >= 15 is 0 Å². The highest BCUT2D eigenvalue weighted by atomic mass is 79.9. The summed E-state index contributed by atoms with van der Waals surface area (Å²) in [4.78, 5) is 11.5. The Balaban J connectivity index is 1.90. The maximum Gasteiger partial charge on any atom is 0.159 e. The van der Waals surface area contributed by atoms with Crippen LogP contribution in [0.4, 0.5) is 0 Å². The molecule has 0 atom stereocenters. The van der Waals surface area contributed by atoms with Crippen molar-refractivity contribution >= 4 is 21.6 Å². The summed E-state index contributed by atoms with van der Waals surface area (Å²) in [5.74, 6) is 1.77. The molecule has 6 nitrogen and oxygen atoms in total. The zero-order chi connectivity index (χ0) is 18.1. The van der Waals surface area contributed by atoms with Crippen molar-refractivity contribution in [2.75, 3.05) is 13.6 Å². The van der Waals surface area contributed by atoms with Gasteiger partial charge in [-0.15, -0.1) is 10.2 Å². The Morgan fingerprint density at radius 3 is 2.85 bits per heavy atom. The van der Waals surface area contributed by atoms with E-state index in [9.17, 15) is 0 Å². The van der Waals surface area contributed by atoms with E-state index in [0.717, 1.165) is 51.9 Å². The SMILES string of the molecule is CCN(C)Cc1nnc2n1-c1ccc(Br)cc1C(c1ccccn1)=NC2. The molecule has 0 spiro atoms. The van der Waals surface area contributed by atoms with Gasteiger partial charge in [0.1, 0.15) is 6.54 Å². The van der Waals surface area contributed by atoms with Crippen LogP contribution in [0, 0.1) is 0 Å². The van der Waals surface area contributed by atoms with Gasteiger partial charge in [0.05, 0.1) is 23.6 Å². The second-order valence-corrected chi connectivity index (χ2v) is 7.16. The molecule has 0 N–H and O–H groups in total. The molecular formula is C19H19BrN6. The van der Waals surface area contributed by atoms with E-state index in [4.69, 9.17) is 4.99 Å². The maximum atomic E-state index is 4.83. The summed E-state index contributed by atoms with van der Waals surface area (Å²) in [7, 11) is 2.08. The van der Waals surface area contributed by atoms with E-state index in [0.29, 0.717) is 6.54 Å². The molecule has 0 saturated carbocycles. The van der Waals surface area contributed by atoms with Gasteiger partial charge in [0.2, 0.25) is 0 Å². The van der Waals surface area contributed by atoms with Crippen LogP contribution < -0.4 is 0 Å². The first kappa shape index (κ1) is 17.1. The fraction of sp³-hybridized carbons (Fsp3) is 0.263. The molecule has 1 aliphatic heterocycles. The molecule has 0 radical (unpaired) electrons. The van der Waals surface area contributed by atoms with E-state index < -0.39 is 0 Å². The largest absolute Gasteiger partial charge is 0.299 e. The summed E-state index contributed by atoms with van der Waals surface area (Å²) in [5.41, 5.74) is 3.80. The molecule has 2 aromatic heterocycles. The Morgan fingerprint density at radius 1 is 1.19 bits per heavy atom. The fourth-order valence-electron chi connectivity index (χ4n) is 3.04. The maximum absolute atomic E-state index is 4.83. The normalized spacial score (nSPS) is 13.2.